The lowest BCUT2D eigenvalue weighted by Crippen LogP contribution is -2.21. The molecular formula is C22H23F3N6O6. The largest absolute Gasteiger partial charge is 0.497 e. The molecule has 3 aromatic rings. The van der Waals surface area contributed by atoms with Crippen molar-refractivity contribution in [3.8, 4) is 11.5 Å². The molecule has 37 heavy (non-hydrogen) atoms. The maximum absolute atomic E-state index is 12.4. The van der Waals surface area contributed by atoms with E-state index in [4.69, 9.17) is 25.1 Å². The van der Waals surface area contributed by atoms with Gasteiger partial charge in [0.25, 0.3) is 5.91 Å². The topological polar surface area (TPSA) is 181 Å². The Hall–Kier alpha value is -4.95. The molecule has 198 valence electrons. The Balaban J connectivity index is 0.000000604. The molecule has 0 saturated heterocycles. The number of primary amides is 1. The van der Waals surface area contributed by atoms with Crippen molar-refractivity contribution in [2.24, 2.45) is 5.73 Å². The maximum Gasteiger partial charge on any atom is 0.490 e. The van der Waals surface area contributed by atoms with Gasteiger partial charge in [-0.25, -0.2) is 9.59 Å². The second kappa shape index (κ2) is 12.7. The summed E-state index contributed by atoms with van der Waals surface area (Å²) in [6, 6.07) is 11.9. The van der Waals surface area contributed by atoms with Crippen LogP contribution in [-0.2, 0) is 11.3 Å². The van der Waals surface area contributed by atoms with Crippen LogP contribution in [0.5, 0.6) is 11.5 Å². The van der Waals surface area contributed by atoms with E-state index in [1.54, 1.807) is 24.3 Å². The number of halogens is 3. The lowest BCUT2D eigenvalue weighted by Gasteiger charge is -2.12. The van der Waals surface area contributed by atoms with Crippen molar-refractivity contribution in [1.29, 1.82) is 0 Å². The van der Waals surface area contributed by atoms with E-state index in [2.05, 4.69) is 26.1 Å². The molecule has 0 saturated carbocycles. The summed E-state index contributed by atoms with van der Waals surface area (Å²) in [5.74, 6) is -2.23. The van der Waals surface area contributed by atoms with Crippen molar-refractivity contribution in [1.82, 2.24) is 10.2 Å². The van der Waals surface area contributed by atoms with E-state index in [0.717, 1.165) is 5.56 Å². The van der Waals surface area contributed by atoms with Crippen LogP contribution in [0, 0.1) is 0 Å². The van der Waals surface area contributed by atoms with Crippen LogP contribution in [0.2, 0.25) is 0 Å². The summed E-state index contributed by atoms with van der Waals surface area (Å²) in [4.78, 5) is 32.6. The number of ether oxygens (including phenoxy) is 2. The molecule has 3 rings (SSSR count). The molecular weight excluding hydrogens is 501 g/mol. The minimum absolute atomic E-state index is 0.206. The van der Waals surface area contributed by atoms with Crippen LogP contribution in [-0.4, -0.2) is 53.6 Å². The van der Waals surface area contributed by atoms with Gasteiger partial charge in [-0.15, -0.1) is 0 Å². The monoisotopic (exact) mass is 524 g/mol. The van der Waals surface area contributed by atoms with Crippen molar-refractivity contribution in [3.05, 3.63) is 59.9 Å². The summed E-state index contributed by atoms with van der Waals surface area (Å²) >= 11 is 0. The third-order valence-corrected chi connectivity index (χ3v) is 4.41. The van der Waals surface area contributed by atoms with Crippen LogP contribution >= 0.6 is 0 Å². The average Bonchev–Trinajstić information content (AvgIpc) is 3.31. The Kier molecular flexibility index (Phi) is 9.68. The zero-order valence-electron chi connectivity index (χ0n) is 19.5. The van der Waals surface area contributed by atoms with E-state index in [9.17, 15) is 22.8 Å². The summed E-state index contributed by atoms with van der Waals surface area (Å²) in [7, 11) is 3.07. The number of hydrogen-bond donors (Lipinski definition) is 6. The highest BCUT2D eigenvalue weighted by atomic mass is 19.4. The number of nitrogens with zero attached hydrogens (tertiary/aromatic N) is 1. The lowest BCUT2D eigenvalue weighted by atomic mass is 10.2. The zero-order chi connectivity index (χ0) is 27.6. The van der Waals surface area contributed by atoms with Gasteiger partial charge >= 0.3 is 18.2 Å². The summed E-state index contributed by atoms with van der Waals surface area (Å²) < 4.78 is 42.1. The fourth-order valence-electron chi connectivity index (χ4n) is 2.74. The highest BCUT2D eigenvalue weighted by molar-refractivity contribution is 6.00. The number of aromatic amines is 1. The number of H-pyrrole nitrogens is 1. The molecule has 2 aromatic carbocycles. The smallest absolute Gasteiger partial charge is 0.490 e. The van der Waals surface area contributed by atoms with E-state index in [0.29, 0.717) is 35.1 Å². The third kappa shape index (κ3) is 8.97. The molecule has 0 unspecified atom stereocenters. The SMILES string of the molecule is COc1cc(NC(=O)Nc2cccc(CNc3cn[nH]c3C(N)=O)c2)cc(OC)c1.O=C(O)C(F)(F)F. The van der Waals surface area contributed by atoms with Gasteiger partial charge in [-0.1, -0.05) is 12.1 Å². The van der Waals surface area contributed by atoms with Crippen molar-refractivity contribution in [3.63, 3.8) is 0 Å². The van der Waals surface area contributed by atoms with Gasteiger partial charge in [0.1, 0.15) is 17.2 Å². The number of anilines is 3. The number of benzene rings is 2. The van der Waals surface area contributed by atoms with Crippen LogP contribution in [0.4, 0.5) is 35.0 Å². The van der Waals surface area contributed by atoms with Crippen molar-refractivity contribution in [2.45, 2.75) is 12.7 Å². The number of hydrogen-bond acceptors (Lipinski definition) is 7. The predicted molar refractivity (Wildman–Crippen MR) is 127 cm³/mol. The van der Waals surface area contributed by atoms with Crippen LogP contribution < -0.4 is 31.2 Å². The molecule has 0 radical (unpaired) electrons. The van der Waals surface area contributed by atoms with Gasteiger partial charge in [0.2, 0.25) is 0 Å². The van der Waals surface area contributed by atoms with E-state index < -0.39 is 24.1 Å². The second-order valence-electron chi connectivity index (χ2n) is 7.06. The van der Waals surface area contributed by atoms with Crippen molar-refractivity contribution in [2.75, 3.05) is 30.2 Å². The van der Waals surface area contributed by atoms with E-state index in [1.807, 2.05) is 18.2 Å². The van der Waals surface area contributed by atoms with Gasteiger partial charge < -0.3 is 36.3 Å². The van der Waals surface area contributed by atoms with Crippen LogP contribution in [0.3, 0.4) is 0 Å². The maximum atomic E-state index is 12.4. The molecule has 15 heteroatoms. The normalized spacial score (nSPS) is 10.4. The minimum atomic E-state index is -5.08. The molecule has 0 spiro atoms. The van der Waals surface area contributed by atoms with E-state index in [-0.39, 0.29) is 5.69 Å². The van der Waals surface area contributed by atoms with Crippen LogP contribution in [0.25, 0.3) is 0 Å². The first-order valence-corrected chi connectivity index (χ1v) is 10.2. The number of nitrogens with two attached hydrogens (primary N) is 1. The number of aromatic nitrogens is 2. The highest BCUT2D eigenvalue weighted by Gasteiger charge is 2.38. The van der Waals surface area contributed by atoms with E-state index in [1.165, 1.54) is 20.4 Å². The molecule has 0 aliphatic rings. The Morgan fingerprint density at radius 1 is 1.03 bits per heavy atom. The van der Waals surface area contributed by atoms with Gasteiger partial charge in [0.05, 0.1) is 26.1 Å². The number of carboxylic acids is 1. The summed E-state index contributed by atoms with van der Waals surface area (Å²) in [5, 5.41) is 22.1. The molecule has 0 aliphatic heterocycles. The Morgan fingerprint density at radius 3 is 2.16 bits per heavy atom. The Morgan fingerprint density at radius 2 is 1.62 bits per heavy atom. The summed E-state index contributed by atoms with van der Waals surface area (Å²) in [6.45, 7) is 0.407. The van der Waals surface area contributed by atoms with Crippen molar-refractivity contribution >= 4 is 35.0 Å². The van der Waals surface area contributed by atoms with Gasteiger partial charge in [0, 0.05) is 36.1 Å². The molecule has 7 N–H and O–H groups in total. The number of carboxylic acid groups (broad SMARTS) is 1. The van der Waals surface area contributed by atoms with Gasteiger partial charge in [-0.2, -0.15) is 18.3 Å². The number of rotatable bonds is 8. The number of carbonyl (C=O) groups is 3. The molecule has 12 nitrogen and oxygen atoms in total. The average molecular weight is 524 g/mol. The number of carbonyl (C=O) groups excluding carboxylic acids is 2. The number of amides is 3. The number of methoxy groups -OCH3 is 2. The first kappa shape index (κ1) is 28.3. The first-order valence-electron chi connectivity index (χ1n) is 10.2. The number of alkyl halides is 3. The van der Waals surface area contributed by atoms with E-state index >= 15 is 0 Å². The standard InChI is InChI=1S/C20H22N6O4.C2HF3O2/c1-29-15-7-14(8-16(9-15)30-2)25-20(28)24-13-5-3-4-12(6-13)10-22-17-11-23-26-18(17)19(21)27;3-2(4,5)1(6)7/h3-9,11,22H,10H2,1-2H3,(H2,21,27)(H,23,26)(H2,24,25,28);(H,6,7). The first-order chi connectivity index (χ1) is 17.4. The lowest BCUT2D eigenvalue weighted by molar-refractivity contribution is -0.192. The fourth-order valence-corrected chi connectivity index (χ4v) is 2.74. The second-order valence-corrected chi connectivity index (χ2v) is 7.06. The molecule has 1 heterocycles. The fraction of sp³-hybridized carbons (Fsp3) is 0.182. The number of urea groups is 1. The Labute approximate surface area is 207 Å². The zero-order valence-corrected chi connectivity index (χ0v) is 19.5. The van der Waals surface area contributed by atoms with Gasteiger partial charge in [-0.05, 0) is 17.7 Å². The predicted octanol–water partition coefficient (Wildman–Crippen LogP) is 3.42. The molecule has 3 amide bonds. The molecule has 0 atom stereocenters. The Bertz CT molecular complexity index is 1230. The van der Waals surface area contributed by atoms with Gasteiger partial charge in [-0.3, -0.25) is 9.89 Å². The third-order valence-electron chi connectivity index (χ3n) is 4.41. The quantitative estimate of drug-likeness (QED) is 0.259. The molecule has 1 aromatic heterocycles. The number of aliphatic carboxylic acids is 1. The summed E-state index contributed by atoms with van der Waals surface area (Å²) in [6.07, 6.45) is -3.60. The van der Waals surface area contributed by atoms with Crippen LogP contribution in [0.1, 0.15) is 16.1 Å². The minimum Gasteiger partial charge on any atom is -0.497 e. The van der Waals surface area contributed by atoms with Crippen LogP contribution in [0.15, 0.2) is 48.7 Å². The molecule has 0 bridgehead atoms. The highest BCUT2D eigenvalue weighted by Crippen LogP contribution is 2.26. The summed E-state index contributed by atoms with van der Waals surface area (Å²) in [5.41, 5.74) is 8.01. The number of nitrogens with one attached hydrogen (secondary N) is 4. The molecule has 0 fully saturated rings. The van der Waals surface area contributed by atoms with Crippen molar-refractivity contribution < 1.29 is 42.1 Å². The van der Waals surface area contributed by atoms with Gasteiger partial charge in [0.15, 0.2) is 0 Å². The molecule has 0 aliphatic carbocycles.